The molecule has 0 saturated carbocycles. The van der Waals surface area contributed by atoms with E-state index in [1.54, 1.807) is 24.3 Å². The predicted molar refractivity (Wildman–Crippen MR) is 41.9 cm³/mol. The van der Waals surface area contributed by atoms with E-state index in [2.05, 4.69) is 5.43 Å². The Morgan fingerprint density at radius 1 is 1.30 bits per heavy atom. The van der Waals surface area contributed by atoms with E-state index in [0.717, 1.165) is 18.6 Å². The summed E-state index contributed by atoms with van der Waals surface area (Å²) < 4.78 is 0. The van der Waals surface area contributed by atoms with Gasteiger partial charge in [0.05, 0.1) is 0 Å². The van der Waals surface area contributed by atoms with Crippen molar-refractivity contribution in [1.82, 2.24) is 0 Å². The fourth-order valence-electron chi connectivity index (χ4n) is 0.665. The van der Waals surface area contributed by atoms with E-state index < -0.39 is 0 Å². The largest absolute Gasteiger partial charge is 0.450 e. The van der Waals surface area contributed by atoms with Crippen molar-refractivity contribution in [1.29, 1.82) is 0 Å². The van der Waals surface area contributed by atoms with Crippen molar-refractivity contribution in [3.8, 4) is 0 Å². The van der Waals surface area contributed by atoms with Crippen molar-refractivity contribution in [3.63, 3.8) is 0 Å². The first kappa shape index (κ1) is 7.12. The summed E-state index contributed by atoms with van der Waals surface area (Å²) in [5.41, 5.74) is 4.07. The third-order valence-electron chi connectivity index (χ3n) is 1.23. The number of hydrogen-bond acceptors (Lipinski definition) is 3. The highest BCUT2D eigenvalue weighted by Gasteiger charge is 1.91. The molecule has 0 saturated heterocycles. The van der Waals surface area contributed by atoms with Crippen molar-refractivity contribution < 1.29 is 5.02 Å². The van der Waals surface area contributed by atoms with Gasteiger partial charge in [-0.3, -0.25) is 5.84 Å². The highest BCUT2D eigenvalue weighted by molar-refractivity contribution is 6.45. The van der Waals surface area contributed by atoms with Gasteiger partial charge in [-0.05, 0) is 12.1 Å². The van der Waals surface area contributed by atoms with Gasteiger partial charge in [-0.25, -0.2) is 0 Å². The van der Waals surface area contributed by atoms with Crippen LogP contribution in [-0.2, 0) is 0 Å². The van der Waals surface area contributed by atoms with Crippen molar-refractivity contribution in [2.75, 3.05) is 5.43 Å². The quantitative estimate of drug-likeness (QED) is 0.283. The molecule has 4 N–H and O–H groups in total. The van der Waals surface area contributed by atoms with Crippen LogP contribution >= 0.6 is 0 Å². The van der Waals surface area contributed by atoms with Gasteiger partial charge in [-0.2, -0.15) is 0 Å². The average Bonchev–Trinajstić information content (AvgIpc) is 2.05. The van der Waals surface area contributed by atoms with Gasteiger partial charge in [0.2, 0.25) is 0 Å². The average molecular weight is 135 g/mol. The van der Waals surface area contributed by atoms with E-state index in [1.165, 1.54) is 0 Å². The van der Waals surface area contributed by atoms with Crippen molar-refractivity contribution in [2.24, 2.45) is 5.84 Å². The summed E-state index contributed by atoms with van der Waals surface area (Å²) in [5.74, 6) is 5.12. The number of rotatable bonds is 2. The molecule has 0 aromatic heterocycles. The smallest absolute Gasteiger partial charge is 0.326 e. The molecule has 0 spiro atoms. The van der Waals surface area contributed by atoms with Crippen LogP contribution < -0.4 is 16.7 Å². The maximum atomic E-state index is 8.52. The maximum Gasteiger partial charge on any atom is 0.326 e. The van der Waals surface area contributed by atoms with E-state index in [-0.39, 0.29) is 0 Å². The Kier molecular flexibility index (Phi) is 2.31. The number of nitrogen functional groups attached to an aromatic ring is 1. The zero-order valence-corrected chi connectivity index (χ0v) is 5.41. The summed E-state index contributed by atoms with van der Waals surface area (Å²) >= 11 is 0. The first-order valence-electron chi connectivity index (χ1n) is 2.91. The summed E-state index contributed by atoms with van der Waals surface area (Å²) in [7, 11) is 1.04. The van der Waals surface area contributed by atoms with Gasteiger partial charge in [0.25, 0.3) is 0 Å². The van der Waals surface area contributed by atoms with Crippen LogP contribution in [0.4, 0.5) is 5.69 Å². The Hall–Kier alpha value is -0.995. The van der Waals surface area contributed by atoms with E-state index in [9.17, 15) is 0 Å². The fourth-order valence-corrected chi connectivity index (χ4v) is 0.665. The lowest BCUT2D eigenvalue weighted by Crippen LogP contribution is -2.14. The predicted octanol–water partition coefficient (Wildman–Crippen LogP) is -0.791. The minimum absolute atomic E-state index is 0.763. The van der Waals surface area contributed by atoms with Gasteiger partial charge in [-0.1, -0.05) is 17.6 Å². The standard InChI is InChI=1S/C6H8BN2O/c8-9-6-3-1-5(7-10)2-4-6/h1-4,9-10H,8H2. The van der Waals surface area contributed by atoms with E-state index in [1.807, 2.05) is 0 Å². The molecule has 0 aliphatic rings. The van der Waals surface area contributed by atoms with Crippen LogP contribution in [-0.4, -0.2) is 12.5 Å². The second-order valence-corrected chi connectivity index (χ2v) is 1.90. The summed E-state index contributed by atoms with van der Waals surface area (Å²) in [6.45, 7) is 0. The van der Waals surface area contributed by atoms with Gasteiger partial charge in [0, 0.05) is 5.69 Å². The van der Waals surface area contributed by atoms with Gasteiger partial charge in [0.1, 0.15) is 0 Å². The molecule has 51 valence electrons. The normalized spacial score (nSPS) is 9.00. The van der Waals surface area contributed by atoms with Crippen molar-refractivity contribution in [2.45, 2.75) is 0 Å². The van der Waals surface area contributed by atoms with Crippen molar-refractivity contribution >= 4 is 18.6 Å². The zero-order chi connectivity index (χ0) is 7.40. The Morgan fingerprint density at radius 2 is 1.90 bits per heavy atom. The molecular formula is C6H8BN2O. The first-order chi connectivity index (χ1) is 4.86. The lowest BCUT2D eigenvalue weighted by atomic mass is 9.89. The molecule has 0 atom stereocenters. The Balaban J connectivity index is 2.80. The highest BCUT2D eigenvalue weighted by Crippen LogP contribution is 1.99. The number of hydrogen-bond donors (Lipinski definition) is 3. The molecular weight excluding hydrogens is 127 g/mol. The fraction of sp³-hybridized carbons (Fsp3) is 0. The molecule has 0 fully saturated rings. The summed E-state index contributed by atoms with van der Waals surface area (Å²) in [6, 6.07) is 7.08. The molecule has 1 radical (unpaired) electrons. The zero-order valence-electron chi connectivity index (χ0n) is 5.41. The van der Waals surface area contributed by atoms with E-state index >= 15 is 0 Å². The Labute approximate surface area is 60.1 Å². The van der Waals surface area contributed by atoms with Crippen LogP contribution in [0, 0.1) is 0 Å². The van der Waals surface area contributed by atoms with Crippen LogP contribution in [0.15, 0.2) is 24.3 Å². The van der Waals surface area contributed by atoms with Gasteiger partial charge in [0.15, 0.2) is 0 Å². The topological polar surface area (TPSA) is 58.3 Å². The minimum Gasteiger partial charge on any atom is -0.450 e. The summed E-state index contributed by atoms with van der Waals surface area (Å²) in [6.07, 6.45) is 0. The second-order valence-electron chi connectivity index (χ2n) is 1.90. The van der Waals surface area contributed by atoms with E-state index in [4.69, 9.17) is 10.9 Å². The van der Waals surface area contributed by atoms with Crippen LogP contribution in [0.25, 0.3) is 0 Å². The van der Waals surface area contributed by atoms with Crippen LogP contribution in [0.5, 0.6) is 0 Å². The number of nitrogens with two attached hydrogens (primary N) is 1. The first-order valence-corrected chi connectivity index (χ1v) is 2.91. The van der Waals surface area contributed by atoms with Crippen molar-refractivity contribution in [3.05, 3.63) is 24.3 Å². The maximum absolute atomic E-state index is 8.52. The molecule has 1 rings (SSSR count). The van der Waals surface area contributed by atoms with Gasteiger partial charge < -0.3 is 10.4 Å². The molecule has 3 nitrogen and oxygen atoms in total. The molecule has 10 heavy (non-hydrogen) atoms. The van der Waals surface area contributed by atoms with Crippen LogP contribution in [0.2, 0.25) is 0 Å². The molecule has 1 aromatic rings. The Morgan fingerprint density at radius 3 is 2.30 bits per heavy atom. The molecule has 0 amide bonds. The monoisotopic (exact) mass is 135 g/mol. The summed E-state index contributed by atoms with van der Waals surface area (Å²) in [4.78, 5) is 0. The summed E-state index contributed by atoms with van der Waals surface area (Å²) in [5, 5.41) is 8.52. The van der Waals surface area contributed by atoms with E-state index in [0.29, 0.717) is 0 Å². The molecule has 0 aliphatic heterocycles. The van der Waals surface area contributed by atoms with Crippen LogP contribution in [0.1, 0.15) is 0 Å². The van der Waals surface area contributed by atoms with Gasteiger partial charge >= 0.3 is 7.48 Å². The molecule has 1 aromatic carbocycles. The number of nitrogens with one attached hydrogen (secondary N) is 1. The third-order valence-corrected chi connectivity index (χ3v) is 1.23. The molecule has 0 unspecified atom stereocenters. The number of anilines is 1. The molecule has 4 heteroatoms. The lowest BCUT2D eigenvalue weighted by Gasteiger charge is -1.98. The molecule has 0 bridgehead atoms. The number of benzene rings is 1. The Bertz CT molecular complexity index is 176. The highest BCUT2D eigenvalue weighted by atomic mass is 16.2. The molecule has 0 heterocycles. The third kappa shape index (κ3) is 1.49. The lowest BCUT2D eigenvalue weighted by molar-refractivity contribution is 0.615. The van der Waals surface area contributed by atoms with Gasteiger partial charge in [-0.15, -0.1) is 0 Å². The second kappa shape index (κ2) is 3.24. The van der Waals surface area contributed by atoms with Crippen LogP contribution in [0.3, 0.4) is 0 Å². The minimum atomic E-state index is 0.763. The SMILES string of the molecule is NNc1ccc([B]O)cc1. The molecule has 0 aliphatic carbocycles. The number of hydrazine groups is 1.